The third-order valence-corrected chi connectivity index (χ3v) is 4.07. The first-order chi connectivity index (χ1) is 7.88. The predicted octanol–water partition coefficient (Wildman–Crippen LogP) is 2.50. The minimum atomic E-state index is 0.965. The lowest BCUT2D eigenvalue weighted by Gasteiger charge is -2.30. The fourth-order valence-corrected chi connectivity index (χ4v) is 2.81. The van der Waals surface area contributed by atoms with Gasteiger partial charge in [-0.1, -0.05) is 19.8 Å². The highest BCUT2D eigenvalue weighted by Crippen LogP contribution is 2.32. The van der Waals surface area contributed by atoms with E-state index in [4.69, 9.17) is 0 Å². The summed E-state index contributed by atoms with van der Waals surface area (Å²) < 4.78 is 0. The van der Waals surface area contributed by atoms with E-state index < -0.39 is 0 Å². The van der Waals surface area contributed by atoms with Crippen LogP contribution in [0.25, 0.3) is 0 Å². The van der Waals surface area contributed by atoms with Crippen LogP contribution in [0.1, 0.15) is 45.4 Å². The maximum atomic E-state index is 3.46. The van der Waals surface area contributed by atoms with Crippen LogP contribution in [0.2, 0.25) is 0 Å². The minimum absolute atomic E-state index is 0.965. The lowest BCUT2D eigenvalue weighted by atomic mass is 9.97. The van der Waals surface area contributed by atoms with Gasteiger partial charge in [-0.05, 0) is 63.7 Å². The van der Waals surface area contributed by atoms with Crippen LogP contribution in [0.5, 0.6) is 0 Å². The number of hydrogen-bond acceptors (Lipinski definition) is 2. The van der Waals surface area contributed by atoms with Crippen molar-refractivity contribution in [3.63, 3.8) is 0 Å². The Hall–Kier alpha value is -0.0800. The van der Waals surface area contributed by atoms with Gasteiger partial charge in [0.05, 0.1) is 0 Å². The Morgan fingerprint density at radius 1 is 1.00 bits per heavy atom. The average Bonchev–Trinajstić information content (AvgIpc) is 3.11. The maximum absolute atomic E-state index is 3.46. The monoisotopic (exact) mass is 224 g/mol. The largest absolute Gasteiger partial charge is 0.317 e. The van der Waals surface area contributed by atoms with Crippen LogP contribution in [0.3, 0.4) is 0 Å². The molecule has 0 radical (unpaired) electrons. The molecular formula is C14H28N2. The minimum Gasteiger partial charge on any atom is -0.317 e. The second-order valence-corrected chi connectivity index (χ2v) is 5.73. The molecule has 94 valence electrons. The molecule has 1 aliphatic heterocycles. The number of hydrogen-bond donors (Lipinski definition) is 1. The number of piperidine rings is 1. The molecule has 1 saturated carbocycles. The van der Waals surface area contributed by atoms with Gasteiger partial charge in [-0.3, -0.25) is 0 Å². The van der Waals surface area contributed by atoms with E-state index in [0.717, 1.165) is 11.8 Å². The molecule has 1 heterocycles. The van der Waals surface area contributed by atoms with E-state index in [1.807, 2.05) is 0 Å². The summed E-state index contributed by atoms with van der Waals surface area (Å²) in [6, 6.07) is 0. The summed E-state index contributed by atoms with van der Waals surface area (Å²) >= 11 is 0. The van der Waals surface area contributed by atoms with Gasteiger partial charge in [-0.15, -0.1) is 0 Å². The van der Waals surface area contributed by atoms with Gasteiger partial charge in [0.2, 0.25) is 0 Å². The summed E-state index contributed by atoms with van der Waals surface area (Å²) in [7, 11) is 0. The van der Waals surface area contributed by atoms with Crippen molar-refractivity contribution in [2.45, 2.75) is 45.4 Å². The van der Waals surface area contributed by atoms with Crippen LogP contribution in [-0.4, -0.2) is 37.6 Å². The second kappa shape index (κ2) is 6.61. The van der Waals surface area contributed by atoms with Gasteiger partial charge >= 0.3 is 0 Å². The lowest BCUT2D eigenvalue weighted by molar-refractivity contribution is 0.201. The van der Waals surface area contributed by atoms with E-state index in [-0.39, 0.29) is 0 Å². The SMILES string of the molecule is CCCN(CCC1CC1)CC1CCNCC1. The van der Waals surface area contributed by atoms with Gasteiger partial charge in [0.1, 0.15) is 0 Å². The first-order valence-electron chi connectivity index (χ1n) is 7.31. The molecule has 0 unspecified atom stereocenters. The molecule has 0 aromatic rings. The quantitative estimate of drug-likeness (QED) is 0.715. The molecule has 0 bridgehead atoms. The Labute approximate surface area is 101 Å². The van der Waals surface area contributed by atoms with Crippen molar-refractivity contribution < 1.29 is 0 Å². The fourth-order valence-electron chi connectivity index (χ4n) is 2.81. The van der Waals surface area contributed by atoms with Crippen molar-refractivity contribution in [1.82, 2.24) is 10.2 Å². The van der Waals surface area contributed by atoms with Gasteiger partial charge in [-0.2, -0.15) is 0 Å². The van der Waals surface area contributed by atoms with Gasteiger partial charge in [0.15, 0.2) is 0 Å². The molecule has 2 aliphatic rings. The normalized spacial score (nSPS) is 22.9. The Balaban J connectivity index is 1.66. The Bertz CT molecular complexity index is 183. The van der Waals surface area contributed by atoms with Crippen molar-refractivity contribution in [3.8, 4) is 0 Å². The molecule has 2 fully saturated rings. The maximum Gasteiger partial charge on any atom is 0.00106 e. The molecule has 2 rings (SSSR count). The van der Waals surface area contributed by atoms with Crippen LogP contribution in [0.15, 0.2) is 0 Å². The smallest absolute Gasteiger partial charge is 0.00106 e. The number of nitrogens with one attached hydrogen (secondary N) is 1. The first-order valence-corrected chi connectivity index (χ1v) is 7.31. The molecule has 1 aliphatic carbocycles. The van der Waals surface area contributed by atoms with Gasteiger partial charge in [-0.25, -0.2) is 0 Å². The highest BCUT2D eigenvalue weighted by Gasteiger charge is 2.23. The second-order valence-electron chi connectivity index (χ2n) is 5.73. The first kappa shape index (κ1) is 12.4. The van der Waals surface area contributed by atoms with E-state index in [9.17, 15) is 0 Å². The van der Waals surface area contributed by atoms with Crippen LogP contribution >= 0.6 is 0 Å². The molecule has 0 amide bonds. The van der Waals surface area contributed by atoms with Crippen molar-refractivity contribution in [3.05, 3.63) is 0 Å². The molecule has 16 heavy (non-hydrogen) atoms. The van der Waals surface area contributed by atoms with Crippen molar-refractivity contribution in [2.75, 3.05) is 32.7 Å². The third kappa shape index (κ3) is 4.42. The van der Waals surface area contributed by atoms with Crippen LogP contribution < -0.4 is 5.32 Å². The summed E-state index contributed by atoms with van der Waals surface area (Å²) in [5, 5.41) is 3.46. The Kier molecular flexibility index (Phi) is 5.11. The third-order valence-electron chi connectivity index (χ3n) is 4.07. The van der Waals surface area contributed by atoms with Crippen LogP contribution in [0.4, 0.5) is 0 Å². The zero-order valence-corrected chi connectivity index (χ0v) is 10.9. The van der Waals surface area contributed by atoms with E-state index in [0.29, 0.717) is 0 Å². The van der Waals surface area contributed by atoms with Crippen molar-refractivity contribution in [2.24, 2.45) is 11.8 Å². The van der Waals surface area contributed by atoms with Gasteiger partial charge < -0.3 is 10.2 Å². The zero-order chi connectivity index (χ0) is 11.2. The zero-order valence-electron chi connectivity index (χ0n) is 10.9. The lowest BCUT2D eigenvalue weighted by Crippen LogP contribution is -2.37. The molecule has 0 aromatic carbocycles. The summed E-state index contributed by atoms with van der Waals surface area (Å²) in [5.74, 6) is 2.05. The standard InChI is InChI=1S/C14H28N2/c1-2-10-16(11-7-13-3-4-13)12-14-5-8-15-9-6-14/h13-15H,2-12H2,1H3. The Morgan fingerprint density at radius 2 is 1.75 bits per heavy atom. The average molecular weight is 224 g/mol. The van der Waals surface area contributed by atoms with E-state index in [1.165, 1.54) is 71.2 Å². The highest BCUT2D eigenvalue weighted by atomic mass is 15.1. The van der Waals surface area contributed by atoms with Crippen LogP contribution in [-0.2, 0) is 0 Å². The summed E-state index contributed by atoms with van der Waals surface area (Å²) in [6.45, 7) is 8.84. The predicted molar refractivity (Wildman–Crippen MR) is 69.7 cm³/mol. The van der Waals surface area contributed by atoms with Gasteiger partial charge in [0.25, 0.3) is 0 Å². The van der Waals surface area contributed by atoms with E-state index in [1.54, 1.807) is 0 Å². The topological polar surface area (TPSA) is 15.3 Å². The van der Waals surface area contributed by atoms with E-state index >= 15 is 0 Å². The Morgan fingerprint density at radius 3 is 2.38 bits per heavy atom. The van der Waals surface area contributed by atoms with Gasteiger partial charge in [0, 0.05) is 6.54 Å². The molecule has 1 N–H and O–H groups in total. The molecule has 1 saturated heterocycles. The number of rotatable bonds is 7. The molecule has 2 heteroatoms. The molecule has 0 atom stereocenters. The summed E-state index contributed by atoms with van der Waals surface area (Å²) in [6.07, 6.45) is 8.58. The van der Waals surface area contributed by atoms with Crippen molar-refractivity contribution >= 4 is 0 Å². The number of nitrogens with zero attached hydrogens (tertiary/aromatic N) is 1. The molecular weight excluding hydrogens is 196 g/mol. The van der Waals surface area contributed by atoms with Crippen LogP contribution in [0, 0.1) is 11.8 Å². The molecule has 2 nitrogen and oxygen atoms in total. The van der Waals surface area contributed by atoms with Crippen molar-refractivity contribution in [1.29, 1.82) is 0 Å². The summed E-state index contributed by atoms with van der Waals surface area (Å²) in [5.41, 5.74) is 0. The molecule has 0 aromatic heterocycles. The highest BCUT2D eigenvalue weighted by molar-refractivity contribution is 4.77. The fraction of sp³-hybridized carbons (Fsp3) is 1.00. The summed E-state index contributed by atoms with van der Waals surface area (Å²) in [4.78, 5) is 2.73. The van der Waals surface area contributed by atoms with E-state index in [2.05, 4.69) is 17.1 Å². The molecule has 0 spiro atoms.